The van der Waals surface area contributed by atoms with Gasteiger partial charge in [-0.3, -0.25) is 4.68 Å². The third kappa shape index (κ3) is 1.99. The van der Waals surface area contributed by atoms with Crippen LogP contribution < -0.4 is 0 Å². The number of rotatable bonds is 1. The maximum atomic E-state index is 4.62. The Hall–Kier alpha value is -0.830. The molecule has 3 nitrogen and oxygen atoms in total. The fourth-order valence-electron chi connectivity index (χ4n) is 3.16. The van der Waals surface area contributed by atoms with Crippen LogP contribution in [0.3, 0.4) is 0 Å². The van der Waals surface area contributed by atoms with E-state index in [0.717, 1.165) is 0 Å². The highest BCUT2D eigenvalue weighted by atomic mass is 15.3. The predicted molar refractivity (Wildman–Crippen MR) is 73.8 cm³/mol. The lowest BCUT2D eigenvalue weighted by Crippen LogP contribution is -2.42. The molecule has 1 saturated carbocycles. The minimum atomic E-state index is 0.209. The van der Waals surface area contributed by atoms with Crippen LogP contribution in [0.15, 0.2) is 12.4 Å². The summed E-state index contributed by atoms with van der Waals surface area (Å²) in [5.74, 6) is 0. The molecule has 2 aliphatic rings. The van der Waals surface area contributed by atoms with Crippen molar-refractivity contribution in [3.05, 3.63) is 18.0 Å². The van der Waals surface area contributed by atoms with Crippen molar-refractivity contribution in [1.29, 1.82) is 0 Å². The van der Waals surface area contributed by atoms with Crippen molar-refractivity contribution in [3.63, 3.8) is 0 Å². The second-order valence-corrected chi connectivity index (χ2v) is 7.25. The van der Waals surface area contributed by atoms with Crippen molar-refractivity contribution in [2.75, 3.05) is 13.6 Å². The monoisotopic (exact) mass is 247 g/mol. The molecule has 0 radical (unpaired) electrons. The van der Waals surface area contributed by atoms with Gasteiger partial charge in [0.1, 0.15) is 0 Å². The van der Waals surface area contributed by atoms with Crippen LogP contribution in [0.4, 0.5) is 0 Å². The molecule has 1 spiro atoms. The minimum absolute atomic E-state index is 0.209. The van der Waals surface area contributed by atoms with E-state index in [2.05, 4.69) is 54.9 Å². The summed E-state index contributed by atoms with van der Waals surface area (Å²) in [7, 11) is 2.28. The number of hydrogen-bond donors (Lipinski definition) is 0. The van der Waals surface area contributed by atoms with E-state index in [9.17, 15) is 0 Å². The number of aromatic nitrogens is 2. The van der Waals surface area contributed by atoms with E-state index in [1.807, 2.05) is 0 Å². The summed E-state index contributed by atoms with van der Waals surface area (Å²) >= 11 is 0. The smallest absolute Gasteiger partial charge is 0.0549 e. The summed E-state index contributed by atoms with van der Waals surface area (Å²) in [6.45, 7) is 7.98. The third-order valence-corrected chi connectivity index (χ3v) is 4.89. The van der Waals surface area contributed by atoms with Gasteiger partial charge >= 0.3 is 0 Å². The van der Waals surface area contributed by atoms with Gasteiger partial charge in [0.2, 0.25) is 0 Å². The first kappa shape index (κ1) is 12.2. The van der Waals surface area contributed by atoms with E-state index in [1.54, 1.807) is 0 Å². The molecule has 1 atom stereocenters. The van der Waals surface area contributed by atoms with Gasteiger partial charge in [0.15, 0.2) is 0 Å². The van der Waals surface area contributed by atoms with Crippen molar-refractivity contribution in [2.24, 2.45) is 0 Å². The first-order valence-corrected chi connectivity index (χ1v) is 7.17. The van der Waals surface area contributed by atoms with Gasteiger partial charge in [-0.2, -0.15) is 5.10 Å². The Balaban J connectivity index is 1.77. The molecule has 1 aliphatic carbocycles. The average Bonchev–Trinajstić information content (AvgIpc) is 2.88. The molecule has 1 saturated heterocycles. The summed E-state index contributed by atoms with van der Waals surface area (Å²) in [4.78, 5) is 2.57. The lowest BCUT2D eigenvalue weighted by molar-refractivity contribution is 0.121. The Labute approximate surface area is 110 Å². The summed E-state index contributed by atoms with van der Waals surface area (Å²) in [5.41, 5.74) is 2.09. The summed E-state index contributed by atoms with van der Waals surface area (Å²) in [6.07, 6.45) is 9.61. The molecule has 3 heteroatoms. The molecular weight excluding hydrogens is 222 g/mol. The summed E-state index contributed by atoms with van der Waals surface area (Å²) in [5, 5.41) is 4.62. The van der Waals surface area contributed by atoms with Gasteiger partial charge in [0.05, 0.1) is 12.2 Å². The Morgan fingerprint density at radius 1 is 1.33 bits per heavy atom. The molecule has 3 rings (SSSR count). The maximum absolute atomic E-state index is 4.62. The van der Waals surface area contributed by atoms with E-state index < -0.39 is 0 Å². The highest BCUT2D eigenvalue weighted by molar-refractivity contribution is 5.16. The number of nitrogens with zero attached hydrogens (tertiary/aromatic N) is 3. The molecule has 1 aromatic rings. The lowest BCUT2D eigenvalue weighted by atomic mass is 9.89. The SMILES string of the molecule is CN1CCC(n2cc(C(C)(C)C)cn2)CC12CC2. The Morgan fingerprint density at radius 3 is 2.61 bits per heavy atom. The van der Waals surface area contributed by atoms with Crippen LogP contribution in [0.1, 0.15) is 58.1 Å². The lowest BCUT2D eigenvalue weighted by Gasteiger charge is -2.37. The Kier molecular flexibility index (Phi) is 2.60. The van der Waals surface area contributed by atoms with Crippen LogP contribution in [0.25, 0.3) is 0 Å². The van der Waals surface area contributed by atoms with Gasteiger partial charge < -0.3 is 4.90 Å². The second kappa shape index (κ2) is 3.83. The number of likely N-dealkylation sites (tertiary alicyclic amines) is 1. The molecule has 0 amide bonds. The number of piperidine rings is 1. The van der Waals surface area contributed by atoms with Gasteiger partial charge in [0.25, 0.3) is 0 Å². The van der Waals surface area contributed by atoms with Gasteiger partial charge in [-0.15, -0.1) is 0 Å². The first-order chi connectivity index (χ1) is 8.41. The fraction of sp³-hybridized carbons (Fsp3) is 0.800. The van der Waals surface area contributed by atoms with E-state index in [1.165, 1.54) is 37.8 Å². The van der Waals surface area contributed by atoms with E-state index >= 15 is 0 Å². The molecule has 0 N–H and O–H groups in total. The molecule has 0 aromatic carbocycles. The van der Waals surface area contributed by atoms with Crippen molar-refractivity contribution < 1.29 is 0 Å². The maximum Gasteiger partial charge on any atom is 0.0549 e. The number of hydrogen-bond acceptors (Lipinski definition) is 2. The second-order valence-electron chi connectivity index (χ2n) is 7.25. The Morgan fingerprint density at radius 2 is 2.06 bits per heavy atom. The van der Waals surface area contributed by atoms with Gasteiger partial charge in [0, 0.05) is 18.3 Å². The zero-order valence-corrected chi connectivity index (χ0v) is 12.1. The molecule has 1 aromatic heterocycles. The molecule has 100 valence electrons. The van der Waals surface area contributed by atoms with Crippen LogP contribution in [0.2, 0.25) is 0 Å². The van der Waals surface area contributed by atoms with E-state index in [0.29, 0.717) is 11.6 Å². The average molecular weight is 247 g/mol. The van der Waals surface area contributed by atoms with Crippen molar-refractivity contribution in [2.45, 2.75) is 63.5 Å². The van der Waals surface area contributed by atoms with Crippen LogP contribution in [-0.2, 0) is 5.41 Å². The van der Waals surface area contributed by atoms with Crippen molar-refractivity contribution >= 4 is 0 Å². The highest BCUT2D eigenvalue weighted by Crippen LogP contribution is 2.50. The van der Waals surface area contributed by atoms with Gasteiger partial charge in [-0.1, -0.05) is 20.8 Å². The normalized spacial score (nSPS) is 27.7. The zero-order valence-electron chi connectivity index (χ0n) is 12.1. The van der Waals surface area contributed by atoms with E-state index in [-0.39, 0.29) is 5.41 Å². The van der Waals surface area contributed by atoms with Crippen LogP contribution >= 0.6 is 0 Å². The zero-order chi connectivity index (χ0) is 13.0. The molecular formula is C15H25N3. The molecule has 18 heavy (non-hydrogen) atoms. The largest absolute Gasteiger partial charge is 0.301 e. The summed E-state index contributed by atoms with van der Waals surface area (Å²) in [6, 6.07) is 0.611. The molecule has 0 bridgehead atoms. The quantitative estimate of drug-likeness (QED) is 0.760. The Bertz CT molecular complexity index is 437. The summed E-state index contributed by atoms with van der Waals surface area (Å²) < 4.78 is 2.23. The minimum Gasteiger partial charge on any atom is -0.301 e. The van der Waals surface area contributed by atoms with Crippen LogP contribution in [0.5, 0.6) is 0 Å². The van der Waals surface area contributed by atoms with Gasteiger partial charge in [-0.05, 0) is 43.7 Å². The predicted octanol–water partition coefficient (Wildman–Crippen LogP) is 2.98. The molecule has 1 aliphatic heterocycles. The van der Waals surface area contributed by atoms with Crippen molar-refractivity contribution in [3.8, 4) is 0 Å². The van der Waals surface area contributed by atoms with Crippen LogP contribution in [0, 0.1) is 0 Å². The fourth-order valence-corrected chi connectivity index (χ4v) is 3.16. The first-order valence-electron chi connectivity index (χ1n) is 7.17. The van der Waals surface area contributed by atoms with Crippen LogP contribution in [-0.4, -0.2) is 33.8 Å². The van der Waals surface area contributed by atoms with E-state index in [4.69, 9.17) is 0 Å². The standard InChI is InChI=1S/C15H25N3/c1-14(2,3)12-10-16-18(11-12)13-5-8-17(4)15(9-13)6-7-15/h10-11,13H,5-9H2,1-4H3. The molecule has 2 heterocycles. The third-order valence-electron chi connectivity index (χ3n) is 4.89. The topological polar surface area (TPSA) is 21.1 Å². The molecule has 1 unspecified atom stereocenters. The van der Waals surface area contributed by atoms with Crippen molar-refractivity contribution in [1.82, 2.24) is 14.7 Å². The highest BCUT2D eigenvalue weighted by Gasteiger charge is 2.50. The molecule has 2 fully saturated rings. The van der Waals surface area contributed by atoms with Gasteiger partial charge in [-0.25, -0.2) is 0 Å².